The van der Waals surface area contributed by atoms with Gasteiger partial charge in [0.25, 0.3) is 0 Å². The normalized spacial score (nSPS) is 25.9. The lowest BCUT2D eigenvalue weighted by Gasteiger charge is -2.29. The zero-order valence-corrected chi connectivity index (χ0v) is 17.7. The molecule has 0 saturated heterocycles. The molecule has 2 aliphatic rings. The lowest BCUT2D eigenvalue weighted by molar-refractivity contribution is 0.302. The average molecular weight is 387 g/mol. The maximum atomic E-state index is 14.7. The predicted molar refractivity (Wildman–Crippen MR) is 115 cm³/mol. The fraction of sp³-hybridized carbons (Fsp3) is 0.615. The summed E-state index contributed by atoms with van der Waals surface area (Å²) < 4.78 is 29.4. The molecule has 0 nitrogen and oxygen atoms in total. The summed E-state index contributed by atoms with van der Waals surface area (Å²) in [6.07, 6.45) is 18.4. The third kappa shape index (κ3) is 5.55. The van der Waals surface area contributed by atoms with Gasteiger partial charge in [0.15, 0.2) is 11.6 Å². The van der Waals surface area contributed by atoms with Crippen molar-refractivity contribution in [2.75, 3.05) is 0 Å². The van der Waals surface area contributed by atoms with Gasteiger partial charge in [-0.3, -0.25) is 0 Å². The Morgan fingerprint density at radius 3 is 2.50 bits per heavy atom. The molecule has 1 saturated carbocycles. The van der Waals surface area contributed by atoms with E-state index in [-0.39, 0.29) is 5.92 Å². The number of hydrogen-bond acceptors (Lipinski definition) is 0. The maximum absolute atomic E-state index is 14.7. The molecule has 3 rings (SSSR count). The molecule has 0 bridgehead atoms. The molecule has 0 amide bonds. The fourth-order valence-corrected chi connectivity index (χ4v) is 4.97. The van der Waals surface area contributed by atoms with Gasteiger partial charge in [-0.25, -0.2) is 8.78 Å². The molecule has 0 spiro atoms. The highest BCUT2D eigenvalue weighted by atomic mass is 19.2. The van der Waals surface area contributed by atoms with Gasteiger partial charge in [0, 0.05) is 0 Å². The summed E-state index contributed by atoms with van der Waals surface area (Å²) in [5.74, 6) is 0.379. The minimum Gasteiger partial charge on any atom is -0.203 e. The molecule has 1 aromatic carbocycles. The third-order valence-electron chi connectivity index (χ3n) is 6.84. The Balaban J connectivity index is 1.54. The van der Waals surface area contributed by atoms with Crippen molar-refractivity contribution in [3.63, 3.8) is 0 Å². The second-order valence-corrected chi connectivity index (χ2v) is 9.00. The van der Waals surface area contributed by atoms with Crippen molar-refractivity contribution in [2.45, 2.75) is 90.4 Å². The Labute approximate surface area is 170 Å². The van der Waals surface area contributed by atoms with Crippen LogP contribution >= 0.6 is 0 Å². The smallest absolute Gasteiger partial charge is 0.162 e. The topological polar surface area (TPSA) is 0 Å². The number of benzene rings is 1. The van der Waals surface area contributed by atoms with Gasteiger partial charge < -0.3 is 0 Å². The number of aryl methyl sites for hydroxylation is 1. The van der Waals surface area contributed by atoms with E-state index in [4.69, 9.17) is 0 Å². The highest BCUT2D eigenvalue weighted by molar-refractivity contribution is 5.29. The molecular formula is C26H36F2. The number of rotatable bonds is 7. The first-order chi connectivity index (χ1) is 13.6. The monoisotopic (exact) mass is 386 g/mol. The van der Waals surface area contributed by atoms with Crippen LogP contribution in [0.3, 0.4) is 0 Å². The standard InChI is InChI=1S/C26H36F2/c1-3-6-20-13-15-22(16-14-20)24-18-17-23(25(27)26(24)28)8-5-4-7-21-11-9-19(2)10-12-21/h4,7,9,17-18,20-22H,3,5-6,8,10-16H2,1-2H3/b7-4+. The minimum absolute atomic E-state index is 0.194. The quantitative estimate of drug-likeness (QED) is 0.414. The van der Waals surface area contributed by atoms with E-state index in [0.717, 1.165) is 44.4 Å². The van der Waals surface area contributed by atoms with Crippen LogP contribution in [0.1, 0.15) is 95.1 Å². The van der Waals surface area contributed by atoms with Crippen molar-refractivity contribution in [2.24, 2.45) is 11.8 Å². The summed E-state index contributed by atoms with van der Waals surface area (Å²) in [4.78, 5) is 0. The summed E-state index contributed by atoms with van der Waals surface area (Å²) in [6.45, 7) is 4.42. The first-order valence-corrected chi connectivity index (χ1v) is 11.4. The number of halogens is 2. The second kappa shape index (κ2) is 10.4. The molecule has 1 unspecified atom stereocenters. The molecule has 1 aromatic rings. The van der Waals surface area contributed by atoms with Gasteiger partial charge in [-0.1, -0.05) is 55.7 Å². The first kappa shape index (κ1) is 21.3. The highest BCUT2D eigenvalue weighted by Crippen LogP contribution is 2.39. The molecule has 1 fully saturated rings. The molecule has 0 radical (unpaired) electrons. The Bertz CT molecular complexity index is 693. The fourth-order valence-electron chi connectivity index (χ4n) is 4.97. The molecule has 2 heteroatoms. The van der Waals surface area contributed by atoms with Gasteiger partial charge in [-0.15, -0.1) is 0 Å². The van der Waals surface area contributed by atoms with Crippen molar-refractivity contribution < 1.29 is 8.78 Å². The van der Waals surface area contributed by atoms with Gasteiger partial charge in [0.05, 0.1) is 0 Å². The van der Waals surface area contributed by atoms with Crippen molar-refractivity contribution in [1.29, 1.82) is 0 Å². The maximum Gasteiger partial charge on any atom is 0.162 e. The van der Waals surface area contributed by atoms with E-state index >= 15 is 0 Å². The molecule has 0 aliphatic heterocycles. The van der Waals surface area contributed by atoms with Crippen LogP contribution in [0.15, 0.2) is 35.9 Å². The molecule has 1 atom stereocenters. The van der Waals surface area contributed by atoms with Crippen molar-refractivity contribution >= 4 is 0 Å². The van der Waals surface area contributed by atoms with Gasteiger partial charge in [0.1, 0.15) is 0 Å². The van der Waals surface area contributed by atoms with E-state index in [1.807, 2.05) is 12.1 Å². The van der Waals surface area contributed by atoms with E-state index in [0.29, 0.717) is 23.5 Å². The lowest BCUT2D eigenvalue weighted by Crippen LogP contribution is -2.15. The van der Waals surface area contributed by atoms with E-state index in [1.54, 1.807) is 0 Å². The third-order valence-corrected chi connectivity index (χ3v) is 6.84. The molecule has 0 N–H and O–H groups in total. The van der Waals surface area contributed by atoms with Gasteiger partial charge in [0.2, 0.25) is 0 Å². The largest absolute Gasteiger partial charge is 0.203 e. The van der Waals surface area contributed by atoms with Crippen molar-refractivity contribution in [1.82, 2.24) is 0 Å². The van der Waals surface area contributed by atoms with Crippen LogP contribution in [-0.2, 0) is 6.42 Å². The highest BCUT2D eigenvalue weighted by Gasteiger charge is 2.25. The zero-order chi connectivity index (χ0) is 19.9. The molecule has 2 aliphatic carbocycles. The summed E-state index contributed by atoms with van der Waals surface area (Å²) in [7, 11) is 0. The molecule has 0 heterocycles. The van der Waals surface area contributed by atoms with Gasteiger partial charge in [-0.2, -0.15) is 0 Å². The van der Waals surface area contributed by atoms with Crippen LogP contribution in [-0.4, -0.2) is 0 Å². The SMILES string of the molecule is CCCC1CCC(c2ccc(CC/C=C/C3CC=C(C)CC3)c(F)c2F)CC1. The molecular weight excluding hydrogens is 350 g/mol. The summed E-state index contributed by atoms with van der Waals surface area (Å²) in [5, 5.41) is 0. The van der Waals surface area contributed by atoms with Crippen LogP contribution < -0.4 is 0 Å². The van der Waals surface area contributed by atoms with Gasteiger partial charge in [-0.05, 0) is 93.6 Å². The Kier molecular flexibility index (Phi) is 7.88. The summed E-state index contributed by atoms with van der Waals surface area (Å²) >= 11 is 0. The van der Waals surface area contributed by atoms with Gasteiger partial charge >= 0.3 is 0 Å². The van der Waals surface area contributed by atoms with Crippen LogP contribution in [0.4, 0.5) is 8.78 Å². The minimum atomic E-state index is -0.613. The van der Waals surface area contributed by atoms with Crippen LogP contribution in [0.25, 0.3) is 0 Å². The van der Waals surface area contributed by atoms with E-state index in [2.05, 4.69) is 32.1 Å². The summed E-state index contributed by atoms with van der Waals surface area (Å²) in [6, 6.07) is 3.68. The van der Waals surface area contributed by atoms with Crippen molar-refractivity contribution in [3.05, 3.63) is 58.7 Å². The van der Waals surface area contributed by atoms with E-state index in [9.17, 15) is 8.78 Å². The van der Waals surface area contributed by atoms with Crippen LogP contribution in [0.5, 0.6) is 0 Å². The zero-order valence-electron chi connectivity index (χ0n) is 17.7. The lowest BCUT2D eigenvalue weighted by atomic mass is 9.77. The van der Waals surface area contributed by atoms with Crippen LogP contribution in [0.2, 0.25) is 0 Å². The van der Waals surface area contributed by atoms with Crippen molar-refractivity contribution in [3.8, 4) is 0 Å². The Morgan fingerprint density at radius 2 is 1.82 bits per heavy atom. The predicted octanol–water partition coefficient (Wildman–Crippen LogP) is 8.27. The number of allylic oxidation sites excluding steroid dienone is 4. The van der Waals surface area contributed by atoms with E-state index in [1.165, 1.54) is 31.3 Å². The molecule has 28 heavy (non-hydrogen) atoms. The average Bonchev–Trinajstić information content (AvgIpc) is 2.71. The molecule has 0 aromatic heterocycles. The van der Waals surface area contributed by atoms with Crippen LogP contribution in [0, 0.1) is 23.5 Å². The summed E-state index contributed by atoms with van der Waals surface area (Å²) in [5.41, 5.74) is 2.61. The van der Waals surface area contributed by atoms with E-state index < -0.39 is 11.6 Å². The Hall–Kier alpha value is -1.44. The Morgan fingerprint density at radius 1 is 1.04 bits per heavy atom. The second-order valence-electron chi connectivity index (χ2n) is 9.00. The first-order valence-electron chi connectivity index (χ1n) is 11.4. The molecule has 154 valence electrons. The number of hydrogen-bond donors (Lipinski definition) is 0.